The van der Waals surface area contributed by atoms with Crippen molar-refractivity contribution in [3.8, 4) is 17.2 Å². The van der Waals surface area contributed by atoms with Gasteiger partial charge in [-0.15, -0.1) is 0 Å². The van der Waals surface area contributed by atoms with Crippen LogP contribution >= 0.6 is 0 Å². The van der Waals surface area contributed by atoms with Gasteiger partial charge in [0.25, 0.3) is 5.91 Å². The molecule has 4 aromatic carbocycles. The Morgan fingerprint density at radius 1 is 0.837 bits per heavy atom. The van der Waals surface area contributed by atoms with Gasteiger partial charge in [-0.05, 0) is 96.1 Å². The van der Waals surface area contributed by atoms with Crippen LogP contribution in [0.3, 0.4) is 0 Å². The van der Waals surface area contributed by atoms with Gasteiger partial charge in [-0.2, -0.15) is 15.4 Å². The molecule has 8 bridgehead atoms. The lowest BCUT2D eigenvalue weighted by Gasteiger charge is -2.38. The average Bonchev–Trinajstić information content (AvgIpc) is 3.51. The minimum absolute atomic E-state index is 0.0225. The molecule has 2 N–H and O–H groups in total. The second kappa shape index (κ2) is 11.6. The van der Waals surface area contributed by atoms with Gasteiger partial charge in [0.05, 0.1) is 12.6 Å². The maximum atomic E-state index is 14.1. The van der Waals surface area contributed by atoms with Crippen molar-refractivity contribution in [2.24, 2.45) is 0 Å². The quantitative estimate of drug-likeness (QED) is 0.279. The van der Waals surface area contributed by atoms with Crippen LogP contribution in [0.15, 0.2) is 84.9 Å². The first-order valence-corrected chi connectivity index (χ1v) is 14.6. The molecule has 0 spiro atoms. The number of amides is 2. The lowest BCUT2D eigenvalue weighted by Crippen LogP contribution is -2.40. The Bertz CT molecular complexity index is 1800. The third kappa shape index (κ3) is 5.66. The molecule has 43 heavy (non-hydrogen) atoms. The highest BCUT2D eigenvalue weighted by atomic mass is 16.5. The Morgan fingerprint density at radius 3 is 2.60 bits per heavy atom. The van der Waals surface area contributed by atoms with Crippen molar-refractivity contribution in [1.82, 2.24) is 25.6 Å². The maximum Gasteiger partial charge on any atom is 0.254 e. The van der Waals surface area contributed by atoms with Gasteiger partial charge in [0.2, 0.25) is 5.91 Å². The number of aromatic amines is 1. The highest BCUT2D eigenvalue weighted by molar-refractivity contribution is 5.97. The summed E-state index contributed by atoms with van der Waals surface area (Å²) in [6.07, 6.45) is 2.47. The highest BCUT2D eigenvalue weighted by Gasteiger charge is 2.33. The van der Waals surface area contributed by atoms with Crippen LogP contribution in [0.5, 0.6) is 17.2 Å². The zero-order valence-corrected chi connectivity index (χ0v) is 23.6. The van der Waals surface area contributed by atoms with Crippen molar-refractivity contribution in [3.63, 3.8) is 0 Å². The SMILES string of the molecule is O=C1CCc2ccc(cc2)Oc2ccc3c(c2)CCN(C(=O)c2ccc4n[nH]nc4c2)C3c2cccc(c2)OCCCN1. The minimum atomic E-state index is -0.325. The Morgan fingerprint density at radius 2 is 1.70 bits per heavy atom. The number of hydrogen-bond donors (Lipinski definition) is 2. The highest BCUT2D eigenvalue weighted by Crippen LogP contribution is 2.39. The molecule has 0 saturated heterocycles. The van der Waals surface area contributed by atoms with Crippen LogP contribution < -0.4 is 14.8 Å². The van der Waals surface area contributed by atoms with Crippen molar-refractivity contribution in [2.45, 2.75) is 31.7 Å². The molecule has 9 rings (SSSR count). The first-order valence-electron chi connectivity index (χ1n) is 14.6. The first kappa shape index (κ1) is 26.7. The fraction of sp³-hybridized carbons (Fsp3) is 0.235. The zero-order chi connectivity index (χ0) is 29.2. The van der Waals surface area contributed by atoms with Gasteiger partial charge in [-0.25, -0.2) is 0 Å². The number of benzene rings is 4. The predicted molar refractivity (Wildman–Crippen MR) is 161 cm³/mol. The summed E-state index contributed by atoms with van der Waals surface area (Å²) in [5.74, 6) is 2.14. The number of nitrogens with one attached hydrogen (secondary N) is 2. The number of hydrogen-bond acceptors (Lipinski definition) is 6. The molecule has 4 aliphatic heterocycles. The topological polar surface area (TPSA) is 109 Å². The van der Waals surface area contributed by atoms with E-state index in [4.69, 9.17) is 9.47 Å². The molecule has 216 valence electrons. The lowest BCUT2D eigenvalue weighted by atomic mass is 9.87. The van der Waals surface area contributed by atoms with Gasteiger partial charge >= 0.3 is 0 Å². The number of aromatic nitrogens is 3. The number of carbonyl (C=O) groups is 2. The molecule has 4 aliphatic rings. The summed E-state index contributed by atoms with van der Waals surface area (Å²) in [6.45, 7) is 1.55. The van der Waals surface area contributed by atoms with Crippen LogP contribution in [-0.2, 0) is 17.6 Å². The van der Waals surface area contributed by atoms with Crippen LogP contribution in [0.4, 0.5) is 0 Å². The standard InChI is InChI=1S/C34H31N5O4/c40-32-14-7-22-5-9-26(10-6-22)43-28-11-12-29-23(19-28)15-17-39(34(41)25-8-13-30-31(21-25)37-38-36-30)33(29)24-3-1-4-27(20-24)42-18-2-16-35-32/h1,3-6,8-13,19-21,33H,2,7,14-18H2,(H,35,40)(H,36,37,38). The van der Waals surface area contributed by atoms with E-state index in [0.717, 1.165) is 39.5 Å². The molecule has 5 heterocycles. The predicted octanol–water partition coefficient (Wildman–Crippen LogP) is 5.37. The summed E-state index contributed by atoms with van der Waals surface area (Å²) in [5, 5.41) is 13.9. The van der Waals surface area contributed by atoms with Crippen molar-refractivity contribution in [3.05, 3.63) is 113 Å². The second-order valence-corrected chi connectivity index (χ2v) is 10.9. The molecule has 9 heteroatoms. The molecule has 1 atom stereocenters. The monoisotopic (exact) mass is 573 g/mol. The summed E-state index contributed by atoms with van der Waals surface area (Å²) < 4.78 is 12.3. The van der Waals surface area contributed by atoms with E-state index in [1.165, 1.54) is 0 Å². The Hall–Kier alpha value is -5.18. The Kier molecular flexibility index (Phi) is 7.20. The van der Waals surface area contributed by atoms with E-state index in [1.54, 1.807) is 12.1 Å². The number of carbonyl (C=O) groups excluding carboxylic acids is 2. The van der Waals surface area contributed by atoms with Crippen molar-refractivity contribution >= 4 is 22.8 Å². The summed E-state index contributed by atoms with van der Waals surface area (Å²) >= 11 is 0. The molecule has 0 radical (unpaired) electrons. The van der Waals surface area contributed by atoms with Crippen molar-refractivity contribution < 1.29 is 19.1 Å². The number of aryl methyl sites for hydroxylation is 1. The fourth-order valence-corrected chi connectivity index (χ4v) is 5.86. The molecule has 5 aromatic rings. The molecule has 2 amide bonds. The number of nitrogens with zero attached hydrogens (tertiary/aromatic N) is 3. The van der Waals surface area contributed by atoms with E-state index in [1.807, 2.05) is 65.6 Å². The van der Waals surface area contributed by atoms with Gasteiger partial charge in [-0.1, -0.05) is 30.3 Å². The van der Waals surface area contributed by atoms with Crippen LogP contribution in [0.25, 0.3) is 11.0 Å². The summed E-state index contributed by atoms with van der Waals surface area (Å²) in [5.41, 5.74) is 6.15. The van der Waals surface area contributed by atoms with Crippen LogP contribution in [-0.4, -0.2) is 51.8 Å². The van der Waals surface area contributed by atoms with Crippen LogP contribution in [0, 0.1) is 0 Å². The fourth-order valence-electron chi connectivity index (χ4n) is 5.86. The normalized spacial score (nSPS) is 17.1. The van der Waals surface area contributed by atoms with E-state index in [0.29, 0.717) is 62.0 Å². The van der Waals surface area contributed by atoms with Gasteiger partial charge < -0.3 is 19.7 Å². The Labute approximate surface area is 248 Å². The Balaban J connectivity index is 1.26. The van der Waals surface area contributed by atoms with Gasteiger partial charge in [0.15, 0.2) is 0 Å². The van der Waals surface area contributed by atoms with Gasteiger partial charge in [0, 0.05) is 25.1 Å². The van der Waals surface area contributed by atoms with Gasteiger partial charge in [0.1, 0.15) is 28.3 Å². The van der Waals surface area contributed by atoms with E-state index in [-0.39, 0.29) is 17.9 Å². The first-order chi connectivity index (χ1) is 21.1. The maximum absolute atomic E-state index is 14.1. The smallest absolute Gasteiger partial charge is 0.254 e. The zero-order valence-electron chi connectivity index (χ0n) is 23.6. The molecular weight excluding hydrogens is 542 g/mol. The molecule has 0 aliphatic carbocycles. The van der Waals surface area contributed by atoms with E-state index < -0.39 is 0 Å². The largest absolute Gasteiger partial charge is 0.494 e. The lowest BCUT2D eigenvalue weighted by molar-refractivity contribution is -0.121. The summed E-state index contributed by atoms with van der Waals surface area (Å²) in [6, 6.07) is 27.0. The summed E-state index contributed by atoms with van der Waals surface area (Å²) in [7, 11) is 0. The van der Waals surface area contributed by atoms with E-state index >= 15 is 0 Å². The number of rotatable bonds is 1. The van der Waals surface area contributed by atoms with Gasteiger partial charge in [-0.3, -0.25) is 9.59 Å². The van der Waals surface area contributed by atoms with Crippen molar-refractivity contribution in [1.29, 1.82) is 0 Å². The molecule has 0 fully saturated rings. The molecular formula is C34H31N5O4. The summed E-state index contributed by atoms with van der Waals surface area (Å²) in [4.78, 5) is 28.3. The number of fused-ring (bicyclic) bond motifs is 2. The molecule has 0 saturated carbocycles. The van der Waals surface area contributed by atoms with E-state index in [2.05, 4.69) is 32.9 Å². The average molecular weight is 574 g/mol. The third-order valence-corrected chi connectivity index (χ3v) is 8.05. The number of H-pyrrole nitrogens is 1. The molecule has 1 unspecified atom stereocenters. The minimum Gasteiger partial charge on any atom is -0.494 e. The molecule has 9 nitrogen and oxygen atoms in total. The van der Waals surface area contributed by atoms with Crippen LogP contribution in [0.2, 0.25) is 0 Å². The van der Waals surface area contributed by atoms with Crippen LogP contribution in [0.1, 0.15) is 51.5 Å². The van der Waals surface area contributed by atoms with E-state index in [9.17, 15) is 9.59 Å². The van der Waals surface area contributed by atoms with Crippen molar-refractivity contribution in [2.75, 3.05) is 19.7 Å². The third-order valence-electron chi connectivity index (χ3n) is 8.05. The number of ether oxygens (including phenoxy) is 2. The molecule has 1 aromatic heterocycles. The second-order valence-electron chi connectivity index (χ2n) is 10.9.